The third-order valence-electron chi connectivity index (χ3n) is 10.2. The molecule has 3 heterocycles. The molecule has 3 fully saturated rings. The highest BCUT2D eigenvalue weighted by Crippen LogP contribution is 2.42. The molecule has 11 nitrogen and oxygen atoms in total. The van der Waals surface area contributed by atoms with Crippen molar-refractivity contribution >= 4 is 0 Å². The first-order valence-electron chi connectivity index (χ1n) is 18.4. The Bertz CT molecular complexity index is 1630. The second-order valence-corrected chi connectivity index (χ2v) is 13.7. The molecule has 3 aliphatic heterocycles. The first-order valence-corrected chi connectivity index (χ1v) is 18.4. The first kappa shape index (κ1) is 38.5. The van der Waals surface area contributed by atoms with E-state index in [0.29, 0.717) is 12.8 Å². The lowest BCUT2D eigenvalue weighted by atomic mass is 9.80. The standard InChI is InChI=1S/C43H48O11/c1-2-3-16-25-48-41-36(46)34(44)39(54-42-37(47)35(45)38-32(52-42)26-49-40(53-38)28-17-8-4-9-18-28)33(51-41)27-50-43(29-19-10-5-11-20-29,30-21-12-6-13-22-30)31-23-14-7-15-24-31/h2,4-15,17-24,32-42,44-47H,1,3,16,25-27H2/t32-,33+,34+,35-,36+,37-,38+,39+,40?,41+,42+/m1/s1. The lowest BCUT2D eigenvalue weighted by Gasteiger charge is -2.49. The Morgan fingerprint density at radius 1 is 0.667 bits per heavy atom. The highest BCUT2D eigenvalue weighted by atomic mass is 16.8. The number of ether oxygens (including phenoxy) is 7. The van der Waals surface area contributed by atoms with Crippen LogP contribution in [0.1, 0.15) is 41.4 Å². The van der Waals surface area contributed by atoms with Crippen LogP contribution in [0.3, 0.4) is 0 Å². The Hall–Kier alpha value is -3.82. The predicted molar refractivity (Wildman–Crippen MR) is 197 cm³/mol. The Labute approximate surface area is 315 Å². The molecule has 0 aliphatic carbocycles. The van der Waals surface area contributed by atoms with Gasteiger partial charge in [0, 0.05) is 5.56 Å². The van der Waals surface area contributed by atoms with Crippen molar-refractivity contribution in [1.29, 1.82) is 0 Å². The third-order valence-corrected chi connectivity index (χ3v) is 10.2. The molecule has 1 unspecified atom stereocenters. The Balaban J connectivity index is 1.17. The molecule has 3 saturated heterocycles. The SMILES string of the molecule is C=CCCCO[C@H]1O[C@@H](COC(c2ccccc2)(c2ccccc2)c2ccccc2)[C@H](O[C@@H]2O[C@@H]3COC(c4ccccc4)O[C@@H]3[C@H](O)[C@H]2O)[C@@H](O)[C@@H]1O. The van der Waals surface area contributed by atoms with Crippen LogP contribution >= 0.6 is 0 Å². The zero-order chi connectivity index (χ0) is 37.5. The Morgan fingerprint density at radius 3 is 1.80 bits per heavy atom. The van der Waals surface area contributed by atoms with Gasteiger partial charge in [-0.05, 0) is 29.5 Å². The van der Waals surface area contributed by atoms with Gasteiger partial charge in [0.25, 0.3) is 0 Å². The van der Waals surface area contributed by atoms with Crippen LogP contribution in [0, 0.1) is 0 Å². The van der Waals surface area contributed by atoms with Crippen molar-refractivity contribution in [2.24, 2.45) is 0 Å². The number of unbranched alkanes of at least 4 members (excludes halogenated alkanes) is 1. The molecule has 0 aromatic heterocycles. The molecule has 4 N–H and O–H groups in total. The van der Waals surface area contributed by atoms with Crippen molar-refractivity contribution in [3.8, 4) is 0 Å². The van der Waals surface area contributed by atoms with E-state index in [2.05, 4.69) is 6.58 Å². The summed E-state index contributed by atoms with van der Waals surface area (Å²) < 4.78 is 43.8. The van der Waals surface area contributed by atoms with Gasteiger partial charge in [-0.2, -0.15) is 0 Å². The first-order chi connectivity index (χ1) is 26.4. The van der Waals surface area contributed by atoms with Gasteiger partial charge < -0.3 is 53.6 Å². The number of rotatable bonds is 14. The molecular weight excluding hydrogens is 692 g/mol. The summed E-state index contributed by atoms with van der Waals surface area (Å²) in [5.41, 5.74) is 2.16. The normalized spacial score (nSPS) is 31.4. The number of hydrogen-bond acceptors (Lipinski definition) is 11. The fraction of sp³-hybridized carbons (Fsp3) is 0.395. The van der Waals surface area contributed by atoms with Crippen LogP contribution in [0.2, 0.25) is 0 Å². The van der Waals surface area contributed by atoms with E-state index in [-0.39, 0.29) is 19.8 Å². The van der Waals surface area contributed by atoms with Crippen molar-refractivity contribution in [1.82, 2.24) is 0 Å². The van der Waals surface area contributed by atoms with Crippen LogP contribution in [-0.4, -0.2) is 102 Å². The summed E-state index contributed by atoms with van der Waals surface area (Å²) in [5.74, 6) is 0. The molecule has 11 heteroatoms. The third kappa shape index (κ3) is 8.08. The Morgan fingerprint density at radius 2 is 1.22 bits per heavy atom. The van der Waals surface area contributed by atoms with Crippen molar-refractivity contribution in [3.63, 3.8) is 0 Å². The molecule has 4 aromatic rings. The summed E-state index contributed by atoms with van der Waals surface area (Å²) >= 11 is 0. The van der Waals surface area contributed by atoms with E-state index in [4.69, 9.17) is 33.2 Å². The minimum atomic E-state index is -1.59. The van der Waals surface area contributed by atoms with Gasteiger partial charge in [-0.3, -0.25) is 0 Å². The molecule has 0 spiro atoms. The maximum Gasteiger partial charge on any atom is 0.187 e. The van der Waals surface area contributed by atoms with Gasteiger partial charge in [0.2, 0.25) is 0 Å². The quantitative estimate of drug-likeness (QED) is 0.0831. The second-order valence-electron chi connectivity index (χ2n) is 13.7. The lowest BCUT2D eigenvalue weighted by molar-refractivity contribution is -0.386. The van der Waals surface area contributed by atoms with Gasteiger partial charge in [-0.25, -0.2) is 0 Å². The molecule has 286 valence electrons. The average molecular weight is 741 g/mol. The number of aliphatic hydroxyl groups is 4. The molecule has 0 amide bonds. The zero-order valence-corrected chi connectivity index (χ0v) is 29.9. The topological polar surface area (TPSA) is 146 Å². The maximum atomic E-state index is 11.7. The zero-order valence-electron chi connectivity index (χ0n) is 29.9. The summed E-state index contributed by atoms with van der Waals surface area (Å²) in [6.45, 7) is 3.87. The lowest BCUT2D eigenvalue weighted by Crippen LogP contribution is -2.66. The summed E-state index contributed by atoms with van der Waals surface area (Å²) in [5, 5.41) is 45.6. The summed E-state index contributed by atoms with van der Waals surface area (Å²) in [7, 11) is 0. The minimum absolute atomic E-state index is 0.0428. The van der Waals surface area contributed by atoms with Crippen molar-refractivity contribution in [2.45, 2.75) is 86.1 Å². The number of aliphatic hydroxyl groups excluding tert-OH is 4. The van der Waals surface area contributed by atoms with Crippen LogP contribution in [0.15, 0.2) is 134 Å². The molecule has 54 heavy (non-hydrogen) atoms. The number of allylic oxidation sites excluding steroid dienone is 1. The van der Waals surface area contributed by atoms with E-state index in [1.807, 2.05) is 121 Å². The molecule has 11 atom stereocenters. The van der Waals surface area contributed by atoms with E-state index in [1.54, 1.807) is 6.08 Å². The van der Waals surface area contributed by atoms with E-state index >= 15 is 0 Å². The smallest absolute Gasteiger partial charge is 0.187 e. The molecule has 0 saturated carbocycles. The second kappa shape index (κ2) is 17.8. The molecule has 0 bridgehead atoms. The van der Waals surface area contributed by atoms with Gasteiger partial charge in [0.05, 0.1) is 19.8 Å². The monoisotopic (exact) mass is 740 g/mol. The number of hydrogen-bond donors (Lipinski definition) is 4. The van der Waals surface area contributed by atoms with E-state index in [9.17, 15) is 20.4 Å². The molecule has 4 aromatic carbocycles. The molecule has 0 radical (unpaired) electrons. The fourth-order valence-electron chi connectivity index (χ4n) is 7.37. The molecular formula is C43H48O11. The Kier molecular flexibility index (Phi) is 12.6. The van der Waals surface area contributed by atoms with Gasteiger partial charge >= 0.3 is 0 Å². The van der Waals surface area contributed by atoms with Crippen molar-refractivity contribution < 1.29 is 53.6 Å². The van der Waals surface area contributed by atoms with Gasteiger partial charge in [0.1, 0.15) is 54.4 Å². The number of benzene rings is 4. The van der Waals surface area contributed by atoms with Crippen LogP contribution in [0.4, 0.5) is 0 Å². The molecule has 3 aliphatic rings. The van der Waals surface area contributed by atoms with E-state index < -0.39 is 73.3 Å². The van der Waals surface area contributed by atoms with E-state index in [0.717, 1.165) is 22.3 Å². The highest BCUT2D eigenvalue weighted by molar-refractivity contribution is 5.47. The van der Waals surface area contributed by atoms with E-state index in [1.165, 1.54) is 0 Å². The maximum absolute atomic E-state index is 11.7. The summed E-state index contributed by atoms with van der Waals surface area (Å²) in [6, 6.07) is 38.6. The summed E-state index contributed by atoms with van der Waals surface area (Å²) in [4.78, 5) is 0. The predicted octanol–water partition coefficient (Wildman–Crippen LogP) is 4.37. The summed E-state index contributed by atoms with van der Waals surface area (Å²) in [6.07, 6.45) is -10.5. The van der Waals surface area contributed by atoms with Crippen LogP contribution in [0.5, 0.6) is 0 Å². The van der Waals surface area contributed by atoms with Crippen molar-refractivity contribution in [2.75, 3.05) is 19.8 Å². The highest BCUT2D eigenvalue weighted by Gasteiger charge is 2.53. The fourth-order valence-corrected chi connectivity index (χ4v) is 7.37. The van der Waals surface area contributed by atoms with Gasteiger partial charge in [-0.15, -0.1) is 6.58 Å². The molecule has 7 rings (SSSR count). The van der Waals surface area contributed by atoms with Gasteiger partial charge in [-0.1, -0.05) is 127 Å². The van der Waals surface area contributed by atoms with Crippen molar-refractivity contribution in [3.05, 3.63) is 156 Å². The van der Waals surface area contributed by atoms with Crippen LogP contribution < -0.4 is 0 Å². The number of fused-ring (bicyclic) bond motifs is 1. The van der Waals surface area contributed by atoms with Gasteiger partial charge in [0.15, 0.2) is 18.9 Å². The average Bonchev–Trinajstić information content (AvgIpc) is 3.23. The minimum Gasteiger partial charge on any atom is -0.387 e. The largest absolute Gasteiger partial charge is 0.387 e. The van der Waals surface area contributed by atoms with Crippen LogP contribution in [-0.2, 0) is 38.8 Å². The van der Waals surface area contributed by atoms with Crippen LogP contribution in [0.25, 0.3) is 0 Å².